The number of nitrogens with zero attached hydrogens (tertiary/aromatic N) is 1. The molecular weight excluding hydrogens is 246 g/mol. The standard InChI is InChI=1S/C17H23N3/c1-3-6-13-7-5-8-15(11-13)17(20-18)16-9-10-19-12-14(16)4-2/h5,7-12,17,20H,3-4,6,18H2,1-2H3. The Labute approximate surface area is 121 Å². The smallest absolute Gasteiger partial charge is 0.0713 e. The van der Waals surface area contributed by atoms with Crippen LogP contribution in [0.5, 0.6) is 0 Å². The SMILES string of the molecule is CCCc1cccc(C(NN)c2ccncc2CC)c1. The first-order chi connectivity index (χ1) is 9.80. The fourth-order valence-corrected chi connectivity index (χ4v) is 2.60. The van der Waals surface area contributed by atoms with Crippen molar-refractivity contribution in [3.8, 4) is 0 Å². The third kappa shape index (κ3) is 3.24. The van der Waals surface area contributed by atoms with Gasteiger partial charge in [-0.3, -0.25) is 10.8 Å². The molecule has 0 amide bonds. The molecule has 3 heteroatoms. The normalized spacial score (nSPS) is 12.3. The summed E-state index contributed by atoms with van der Waals surface area (Å²) in [5.41, 5.74) is 7.96. The van der Waals surface area contributed by atoms with Crippen LogP contribution >= 0.6 is 0 Å². The van der Waals surface area contributed by atoms with E-state index in [1.54, 1.807) is 0 Å². The van der Waals surface area contributed by atoms with Crippen LogP contribution in [0, 0.1) is 0 Å². The Hall–Kier alpha value is -1.71. The van der Waals surface area contributed by atoms with Gasteiger partial charge in [-0.25, -0.2) is 5.43 Å². The zero-order valence-electron chi connectivity index (χ0n) is 12.3. The molecule has 0 saturated heterocycles. The maximum atomic E-state index is 5.81. The fraction of sp³-hybridized carbons (Fsp3) is 0.353. The Bertz CT molecular complexity index is 551. The molecule has 0 spiro atoms. The van der Waals surface area contributed by atoms with Gasteiger partial charge in [-0.2, -0.15) is 0 Å². The first kappa shape index (κ1) is 14.7. The largest absolute Gasteiger partial charge is 0.271 e. The Balaban J connectivity index is 2.39. The Kier molecular flexibility index (Phi) is 5.27. The van der Waals surface area contributed by atoms with E-state index in [0.717, 1.165) is 19.3 Å². The number of aromatic nitrogens is 1. The summed E-state index contributed by atoms with van der Waals surface area (Å²) in [4.78, 5) is 4.20. The number of nitrogens with one attached hydrogen (secondary N) is 1. The average molecular weight is 269 g/mol. The molecule has 0 bridgehead atoms. The minimum absolute atomic E-state index is 0.0183. The number of aryl methyl sites for hydroxylation is 2. The topological polar surface area (TPSA) is 50.9 Å². The van der Waals surface area contributed by atoms with Gasteiger partial charge in [0.1, 0.15) is 0 Å². The van der Waals surface area contributed by atoms with Gasteiger partial charge in [0.05, 0.1) is 6.04 Å². The lowest BCUT2D eigenvalue weighted by Crippen LogP contribution is -2.29. The number of pyridine rings is 1. The van der Waals surface area contributed by atoms with Crippen LogP contribution < -0.4 is 11.3 Å². The number of nitrogens with two attached hydrogens (primary N) is 1. The number of hydrogen-bond acceptors (Lipinski definition) is 3. The van der Waals surface area contributed by atoms with E-state index in [1.165, 1.54) is 22.3 Å². The maximum absolute atomic E-state index is 5.81. The molecule has 2 aromatic rings. The molecule has 3 N–H and O–H groups in total. The van der Waals surface area contributed by atoms with Crippen LogP contribution in [-0.2, 0) is 12.8 Å². The summed E-state index contributed by atoms with van der Waals surface area (Å²) in [6.45, 7) is 4.34. The molecule has 20 heavy (non-hydrogen) atoms. The zero-order valence-corrected chi connectivity index (χ0v) is 12.3. The van der Waals surface area contributed by atoms with Crippen molar-refractivity contribution >= 4 is 0 Å². The van der Waals surface area contributed by atoms with Crippen molar-refractivity contribution in [3.63, 3.8) is 0 Å². The summed E-state index contributed by atoms with van der Waals surface area (Å²) >= 11 is 0. The van der Waals surface area contributed by atoms with Crippen LogP contribution in [-0.4, -0.2) is 4.98 Å². The van der Waals surface area contributed by atoms with E-state index in [0.29, 0.717) is 0 Å². The van der Waals surface area contributed by atoms with Crippen LogP contribution in [0.15, 0.2) is 42.7 Å². The quantitative estimate of drug-likeness (QED) is 0.625. The van der Waals surface area contributed by atoms with Crippen molar-refractivity contribution < 1.29 is 0 Å². The van der Waals surface area contributed by atoms with Crippen molar-refractivity contribution in [2.75, 3.05) is 0 Å². The number of hydrogen-bond donors (Lipinski definition) is 2. The number of benzene rings is 1. The highest BCUT2D eigenvalue weighted by Gasteiger charge is 2.15. The van der Waals surface area contributed by atoms with Gasteiger partial charge in [-0.05, 0) is 41.2 Å². The summed E-state index contributed by atoms with van der Waals surface area (Å²) in [6, 6.07) is 10.7. The first-order valence-corrected chi connectivity index (χ1v) is 7.27. The lowest BCUT2D eigenvalue weighted by molar-refractivity contribution is 0.629. The van der Waals surface area contributed by atoms with E-state index < -0.39 is 0 Å². The molecule has 1 aromatic carbocycles. The molecule has 1 aromatic heterocycles. The predicted octanol–water partition coefficient (Wildman–Crippen LogP) is 3.15. The van der Waals surface area contributed by atoms with E-state index in [4.69, 9.17) is 5.84 Å². The van der Waals surface area contributed by atoms with E-state index >= 15 is 0 Å². The molecule has 0 aliphatic rings. The second kappa shape index (κ2) is 7.17. The van der Waals surface area contributed by atoms with Gasteiger partial charge >= 0.3 is 0 Å². The lowest BCUT2D eigenvalue weighted by Gasteiger charge is -2.20. The highest BCUT2D eigenvalue weighted by Crippen LogP contribution is 2.25. The lowest BCUT2D eigenvalue weighted by atomic mass is 9.93. The number of rotatable bonds is 6. The molecule has 0 fully saturated rings. The highest BCUT2D eigenvalue weighted by molar-refractivity contribution is 5.37. The van der Waals surface area contributed by atoms with E-state index in [1.807, 2.05) is 12.4 Å². The minimum Gasteiger partial charge on any atom is -0.271 e. The third-order valence-electron chi connectivity index (χ3n) is 3.62. The van der Waals surface area contributed by atoms with Gasteiger partial charge in [0.15, 0.2) is 0 Å². The summed E-state index contributed by atoms with van der Waals surface area (Å²) in [5, 5.41) is 0. The van der Waals surface area contributed by atoms with Crippen molar-refractivity contribution in [1.29, 1.82) is 0 Å². The Morgan fingerprint density at radius 1 is 1.25 bits per heavy atom. The first-order valence-electron chi connectivity index (χ1n) is 7.27. The van der Waals surface area contributed by atoms with E-state index in [-0.39, 0.29) is 6.04 Å². The molecule has 0 saturated carbocycles. The van der Waals surface area contributed by atoms with Crippen molar-refractivity contribution in [3.05, 3.63) is 65.0 Å². The van der Waals surface area contributed by atoms with Gasteiger partial charge < -0.3 is 0 Å². The molecule has 1 heterocycles. The Morgan fingerprint density at radius 2 is 2.10 bits per heavy atom. The molecule has 106 valence electrons. The van der Waals surface area contributed by atoms with Crippen LogP contribution in [0.2, 0.25) is 0 Å². The molecule has 2 rings (SSSR count). The van der Waals surface area contributed by atoms with Crippen molar-refractivity contribution in [2.24, 2.45) is 5.84 Å². The average Bonchev–Trinajstić information content (AvgIpc) is 2.49. The monoisotopic (exact) mass is 269 g/mol. The van der Waals surface area contributed by atoms with E-state index in [9.17, 15) is 0 Å². The van der Waals surface area contributed by atoms with Crippen LogP contribution in [0.1, 0.15) is 48.6 Å². The highest BCUT2D eigenvalue weighted by atomic mass is 15.2. The molecule has 1 unspecified atom stereocenters. The number of hydrazine groups is 1. The molecule has 3 nitrogen and oxygen atoms in total. The summed E-state index contributed by atoms with van der Waals surface area (Å²) in [5.74, 6) is 5.81. The minimum atomic E-state index is 0.0183. The second-order valence-corrected chi connectivity index (χ2v) is 5.02. The molecule has 1 atom stereocenters. The van der Waals surface area contributed by atoms with Gasteiger partial charge in [-0.1, -0.05) is 44.5 Å². The van der Waals surface area contributed by atoms with Gasteiger partial charge in [-0.15, -0.1) is 0 Å². The van der Waals surface area contributed by atoms with Crippen LogP contribution in [0.25, 0.3) is 0 Å². The molecular formula is C17H23N3. The van der Waals surface area contributed by atoms with Gasteiger partial charge in [0, 0.05) is 12.4 Å². The van der Waals surface area contributed by atoms with Crippen molar-refractivity contribution in [2.45, 2.75) is 39.2 Å². The van der Waals surface area contributed by atoms with Gasteiger partial charge in [0.2, 0.25) is 0 Å². The maximum Gasteiger partial charge on any atom is 0.0713 e. The summed E-state index contributed by atoms with van der Waals surface area (Å²) in [7, 11) is 0. The summed E-state index contributed by atoms with van der Waals surface area (Å²) < 4.78 is 0. The second-order valence-electron chi connectivity index (χ2n) is 5.02. The predicted molar refractivity (Wildman–Crippen MR) is 83.2 cm³/mol. The Morgan fingerprint density at radius 3 is 2.80 bits per heavy atom. The fourth-order valence-electron chi connectivity index (χ4n) is 2.60. The van der Waals surface area contributed by atoms with Crippen LogP contribution in [0.3, 0.4) is 0 Å². The van der Waals surface area contributed by atoms with Crippen molar-refractivity contribution in [1.82, 2.24) is 10.4 Å². The summed E-state index contributed by atoms with van der Waals surface area (Å²) in [6.07, 6.45) is 6.96. The zero-order chi connectivity index (χ0) is 14.4. The van der Waals surface area contributed by atoms with Crippen LogP contribution in [0.4, 0.5) is 0 Å². The third-order valence-corrected chi connectivity index (χ3v) is 3.62. The molecule has 0 radical (unpaired) electrons. The van der Waals surface area contributed by atoms with E-state index in [2.05, 4.69) is 54.6 Å². The molecule has 0 aliphatic heterocycles. The van der Waals surface area contributed by atoms with Gasteiger partial charge in [0.25, 0.3) is 0 Å². The molecule has 0 aliphatic carbocycles.